The highest BCUT2D eigenvalue weighted by molar-refractivity contribution is 6.18. The molecule has 11 aromatic carbocycles. The van der Waals surface area contributed by atoms with E-state index in [0.29, 0.717) is 0 Å². The fraction of sp³-hybridized carbons (Fsp3) is 0. The maximum atomic E-state index is 7.00. The van der Waals surface area contributed by atoms with Gasteiger partial charge in [0, 0.05) is 71.5 Å². The quantitative estimate of drug-likeness (QED) is 0.160. The SMILES string of the molecule is c1cc(-c2ccc(N(c3ccc(-c4cccc5c4oc4ccccc45)cc3)c3ccc(-c4cccc5c4oc4ccccc45)cc3)c3c2oc2ccccc23)cc(-n2c3ccccc3c3ccccc32)c1. The van der Waals surface area contributed by atoms with Gasteiger partial charge in [0.2, 0.25) is 0 Å². The van der Waals surface area contributed by atoms with Crippen LogP contribution in [0.3, 0.4) is 0 Å². The van der Waals surface area contributed by atoms with Crippen molar-refractivity contribution in [2.45, 2.75) is 0 Å². The minimum Gasteiger partial charge on any atom is -0.455 e. The van der Waals surface area contributed by atoms with Crippen molar-refractivity contribution < 1.29 is 13.3 Å². The smallest absolute Gasteiger partial charge is 0.145 e. The number of aromatic nitrogens is 1. The number of hydrogen-bond acceptors (Lipinski definition) is 4. The van der Waals surface area contributed by atoms with Gasteiger partial charge in [0.15, 0.2) is 0 Å². The highest BCUT2D eigenvalue weighted by Crippen LogP contribution is 2.48. The molecule has 0 aliphatic carbocycles. The normalized spacial score (nSPS) is 11.9. The van der Waals surface area contributed by atoms with Gasteiger partial charge in [0.05, 0.1) is 22.1 Å². The lowest BCUT2D eigenvalue weighted by Crippen LogP contribution is -2.10. The summed E-state index contributed by atoms with van der Waals surface area (Å²) in [5.74, 6) is 0. The minimum absolute atomic E-state index is 0.828. The molecule has 15 rings (SSSR count). The van der Waals surface area contributed by atoms with E-state index in [2.05, 4.69) is 222 Å². The number of rotatable bonds is 7. The third kappa shape index (κ3) is 6.06. The second kappa shape index (κ2) is 15.5. The number of hydrogen-bond donors (Lipinski definition) is 0. The molecule has 4 aromatic heterocycles. The van der Waals surface area contributed by atoms with Crippen LogP contribution < -0.4 is 4.90 Å². The van der Waals surface area contributed by atoms with Crippen molar-refractivity contribution in [2.75, 3.05) is 4.90 Å². The van der Waals surface area contributed by atoms with Gasteiger partial charge in [0.25, 0.3) is 0 Å². The van der Waals surface area contributed by atoms with Crippen LogP contribution in [0, 0.1) is 0 Å². The lowest BCUT2D eigenvalue weighted by molar-refractivity contribution is 0.669. The monoisotopic (exact) mass is 908 g/mol. The van der Waals surface area contributed by atoms with Gasteiger partial charge in [-0.05, 0) is 95.6 Å². The molecule has 71 heavy (non-hydrogen) atoms. The van der Waals surface area contributed by atoms with Gasteiger partial charge in [-0.25, -0.2) is 0 Å². The van der Waals surface area contributed by atoms with E-state index in [-0.39, 0.29) is 0 Å². The average Bonchev–Trinajstić information content (AvgIpc) is 4.21. The van der Waals surface area contributed by atoms with E-state index in [4.69, 9.17) is 13.3 Å². The highest BCUT2D eigenvalue weighted by atomic mass is 16.3. The Morgan fingerprint density at radius 1 is 0.296 bits per heavy atom. The Hall–Kier alpha value is -9.58. The van der Waals surface area contributed by atoms with Crippen LogP contribution in [-0.4, -0.2) is 4.57 Å². The molecule has 0 unspecified atom stereocenters. The van der Waals surface area contributed by atoms with Gasteiger partial charge >= 0.3 is 0 Å². The summed E-state index contributed by atoms with van der Waals surface area (Å²) in [7, 11) is 0. The largest absolute Gasteiger partial charge is 0.455 e. The molecule has 4 heterocycles. The third-order valence-corrected chi connectivity index (χ3v) is 14.4. The summed E-state index contributed by atoms with van der Waals surface area (Å²) in [4.78, 5) is 2.36. The molecular weight excluding hydrogens is 869 g/mol. The first kappa shape index (κ1) is 39.4. The predicted molar refractivity (Wildman–Crippen MR) is 294 cm³/mol. The number of anilines is 3. The van der Waals surface area contributed by atoms with E-state index in [1.807, 2.05) is 30.3 Å². The van der Waals surface area contributed by atoms with Gasteiger partial charge in [-0.3, -0.25) is 0 Å². The molecule has 0 radical (unpaired) electrons. The van der Waals surface area contributed by atoms with Crippen LogP contribution in [0.15, 0.2) is 256 Å². The zero-order valence-corrected chi connectivity index (χ0v) is 38.2. The van der Waals surface area contributed by atoms with Gasteiger partial charge in [0.1, 0.15) is 33.5 Å². The maximum Gasteiger partial charge on any atom is 0.145 e. The molecule has 0 aliphatic rings. The minimum atomic E-state index is 0.828. The number of fused-ring (bicyclic) bond motifs is 12. The van der Waals surface area contributed by atoms with Crippen molar-refractivity contribution in [3.63, 3.8) is 0 Å². The Labute approximate surface area is 407 Å². The van der Waals surface area contributed by atoms with E-state index < -0.39 is 0 Å². The molecule has 0 bridgehead atoms. The summed E-state index contributed by atoms with van der Waals surface area (Å²) in [5, 5.41) is 9.00. The number of furan rings is 3. The highest BCUT2D eigenvalue weighted by Gasteiger charge is 2.24. The fourth-order valence-corrected chi connectivity index (χ4v) is 11.2. The summed E-state index contributed by atoms with van der Waals surface area (Å²) in [6.45, 7) is 0. The lowest BCUT2D eigenvalue weighted by atomic mass is 9.98. The second-order valence-electron chi connectivity index (χ2n) is 18.3. The molecule has 15 aromatic rings. The molecule has 0 N–H and O–H groups in total. The molecule has 0 spiro atoms. The van der Waals surface area contributed by atoms with Gasteiger partial charge in [-0.2, -0.15) is 0 Å². The number of nitrogens with zero attached hydrogens (tertiary/aromatic N) is 2. The van der Waals surface area contributed by atoms with Gasteiger partial charge in [-0.1, -0.05) is 164 Å². The van der Waals surface area contributed by atoms with Crippen molar-refractivity contribution in [2.24, 2.45) is 0 Å². The van der Waals surface area contributed by atoms with Crippen molar-refractivity contribution in [3.8, 4) is 39.1 Å². The Kier molecular flexibility index (Phi) is 8.59. The van der Waals surface area contributed by atoms with E-state index in [1.165, 1.54) is 21.8 Å². The van der Waals surface area contributed by atoms with Crippen LogP contribution in [0.4, 0.5) is 17.1 Å². The van der Waals surface area contributed by atoms with E-state index in [9.17, 15) is 0 Å². The summed E-state index contributed by atoms with van der Waals surface area (Å²) in [6.07, 6.45) is 0. The summed E-state index contributed by atoms with van der Waals surface area (Å²) < 4.78 is 22.4. The number of para-hydroxylation sites is 7. The van der Waals surface area contributed by atoms with Gasteiger partial charge < -0.3 is 22.7 Å². The molecule has 0 saturated carbocycles. The number of benzene rings is 11. The van der Waals surface area contributed by atoms with Crippen LogP contribution in [0.25, 0.3) is 127 Å². The third-order valence-electron chi connectivity index (χ3n) is 14.4. The fourth-order valence-electron chi connectivity index (χ4n) is 11.2. The first-order valence-electron chi connectivity index (χ1n) is 24.1. The molecule has 0 fully saturated rings. The molecule has 0 atom stereocenters. The van der Waals surface area contributed by atoms with Crippen LogP contribution in [0.1, 0.15) is 0 Å². The summed E-state index contributed by atoms with van der Waals surface area (Å²) >= 11 is 0. The van der Waals surface area contributed by atoms with Crippen molar-refractivity contribution >= 4 is 105 Å². The molecule has 5 nitrogen and oxygen atoms in total. The molecule has 5 heteroatoms. The summed E-state index contributed by atoms with van der Waals surface area (Å²) in [6, 6.07) is 86.1. The van der Waals surface area contributed by atoms with Crippen LogP contribution in [0.2, 0.25) is 0 Å². The van der Waals surface area contributed by atoms with Crippen molar-refractivity contribution in [3.05, 3.63) is 243 Å². The van der Waals surface area contributed by atoms with E-state index in [1.54, 1.807) is 0 Å². The Morgan fingerprint density at radius 3 is 1.30 bits per heavy atom. The molecule has 0 amide bonds. The topological polar surface area (TPSA) is 47.6 Å². The maximum absolute atomic E-state index is 7.00. The Balaban J connectivity index is 0.911. The predicted octanol–water partition coefficient (Wildman–Crippen LogP) is 19.0. The molecular formula is C66H40N2O3. The van der Waals surface area contributed by atoms with Gasteiger partial charge in [-0.15, -0.1) is 0 Å². The Morgan fingerprint density at radius 2 is 0.732 bits per heavy atom. The van der Waals surface area contributed by atoms with Crippen molar-refractivity contribution in [1.82, 2.24) is 4.57 Å². The average molecular weight is 909 g/mol. The van der Waals surface area contributed by atoms with E-state index in [0.717, 1.165) is 122 Å². The first-order valence-corrected chi connectivity index (χ1v) is 24.1. The lowest BCUT2D eigenvalue weighted by Gasteiger charge is -2.27. The summed E-state index contributed by atoms with van der Waals surface area (Å²) in [5.41, 5.74) is 18.0. The standard InChI is InChI=1S/C66H40N2O3/c1-6-25-57-50(16-1)51-17-2-7-26-58(51)68(57)46-15-11-14-43(40-46)49-38-39-59(63-56-20-5-10-29-62(56)71-66(49)63)67(44-34-30-41(31-35-44)47-21-12-23-54-52-18-3-8-27-60(52)69-64(47)54)45-36-32-42(33-37-45)48-22-13-24-55-53-19-4-9-28-61(53)70-65(48)55/h1-40H. The molecule has 0 aliphatic heterocycles. The zero-order valence-electron chi connectivity index (χ0n) is 38.2. The van der Waals surface area contributed by atoms with Crippen molar-refractivity contribution in [1.29, 1.82) is 0 Å². The van der Waals surface area contributed by atoms with Crippen LogP contribution in [-0.2, 0) is 0 Å². The Bertz CT molecular complexity index is 4380. The second-order valence-corrected chi connectivity index (χ2v) is 18.3. The molecule has 332 valence electrons. The van der Waals surface area contributed by atoms with Crippen LogP contribution in [0.5, 0.6) is 0 Å². The first-order chi connectivity index (χ1) is 35.2. The zero-order chi connectivity index (χ0) is 46.6. The van der Waals surface area contributed by atoms with E-state index >= 15 is 0 Å². The van der Waals surface area contributed by atoms with Crippen LogP contribution >= 0.6 is 0 Å². The molecule has 0 saturated heterocycles.